The van der Waals surface area contributed by atoms with Crippen LogP contribution in [0.25, 0.3) is 0 Å². The number of rotatable bonds is 6. The van der Waals surface area contributed by atoms with Crippen molar-refractivity contribution in [1.29, 1.82) is 0 Å². The fourth-order valence-corrected chi connectivity index (χ4v) is 3.52. The highest BCUT2D eigenvalue weighted by molar-refractivity contribution is 7.99. The Bertz CT molecular complexity index is 644. The number of carbonyl (C=O) groups is 2. The molecule has 1 amide bonds. The summed E-state index contributed by atoms with van der Waals surface area (Å²) >= 11 is 8.98. The fourth-order valence-electron chi connectivity index (χ4n) is 1.62. The Morgan fingerprint density at radius 2 is 2.14 bits per heavy atom. The molecule has 0 saturated carbocycles. The van der Waals surface area contributed by atoms with Crippen LogP contribution in [-0.4, -0.2) is 22.7 Å². The molecule has 0 spiro atoms. The van der Waals surface area contributed by atoms with Gasteiger partial charge in [-0.25, -0.2) is 4.79 Å². The summed E-state index contributed by atoms with van der Waals surface area (Å²) in [6.45, 7) is 0. The molecule has 0 unspecified atom stereocenters. The van der Waals surface area contributed by atoms with Crippen molar-refractivity contribution >= 4 is 52.3 Å². The number of thioether (sulfide) groups is 1. The second-order valence-corrected chi connectivity index (χ2v) is 6.61. The molecule has 0 aliphatic rings. The van der Waals surface area contributed by atoms with E-state index in [1.54, 1.807) is 11.3 Å². The molecule has 2 N–H and O–H groups in total. The van der Waals surface area contributed by atoms with Crippen LogP contribution < -0.4 is 5.32 Å². The minimum atomic E-state index is -1.08. The Labute approximate surface area is 135 Å². The molecule has 1 heterocycles. The maximum Gasteiger partial charge on any atom is 0.335 e. The summed E-state index contributed by atoms with van der Waals surface area (Å²) in [6.07, 6.45) is 0. The third-order valence-electron chi connectivity index (χ3n) is 2.49. The number of anilines is 1. The Morgan fingerprint density at radius 1 is 1.33 bits per heavy atom. The van der Waals surface area contributed by atoms with E-state index in [0.717, 1.165) is 5.75 Å². The van der Waals surface area contributed by atoms with Crippen LogP contribution in [0.1, 0.15) is 15.2 Å². The van der Waals surface area contributed by atoms with Crippen molar-refractivity contribution < 1.29 is 14.7 Å². The lowest BCUT2D eigenvalue weighted by atomic mass is 10.2. The number of benzene rings is 1. The summed E-state index contributed by atoms with van der Waals surface area (Å²) in [5, 5.41) is 13.9. The van der Waals surface area contributed by atoms with Crippen molar-refractivity contribution in [1.82, 2.24) is 0 Å². The van der Waals surface area contributed by atoms with Crippen molar-refractivity contribution in [2.45, 2.75) is 5.75 Å². The first-order chi connectivity index (χ1) is 10.0. The molecule has 0 bridgehead atoms. The van der Waals surface area contributed by atoms with E-state index in [-0.39, 0.29) is 16.5 Å². The number of aromatic carboxylic acids is 1. The number of halogens is 1. The molecular weight excluding hydrogens is 330 g/mol. The molecule has 4 nitrogen and oxygen atoms in total. The smallest absolute Gasteiger partial charge is 0.335 e. The zero-order chi connectivity index (χ0) is 15.2. The Balaban J connectivity index is 1.88. The van der Waals surface area contributed by atoms with E-state index in [2.05, 4.69) is 5.32 Å². The lowest BCUT2D eigenvalue weighted by molar-refractivity contribution is -0.113. The molecule has 0 fully saturated rings. The van der Waals surface area contributed by atoms with Crippen LogP contribution in [0.2, 0.25) is 5.02 Å². The molecule has 7 heteroatoms. The van der Waals surface area contributed by atoms with Crippen LogP contribution in [-0.2, 0) is 10.5 Å². The lowest BCUT2D eigenvalue weighted by Crippen LogP contribution is -2.14. The van der Waals surface area contributed by atoms with Gasteiger partial charge in [-0.3, -0.25) is 4.79 Å². The first kappa shape index (κ1) is 15.9. The molecule has 0 radical (unpaired) electrons. The number of thiophene rings is 1. The highest BCUT2D eigenvalue weighted by Gasteiger charge is 2.09. The zero-order valence-corrected chi connectivity index (χ0v) is 13.2. The van der Waals surface area contributed by atoms with Gasteiger partial charge in [0.15, 0.2) is 0 Å². The largest absolute Gasteiger partial charge is 0.478 e. The van der Waals surface area contributed by atoms with Crippen molar-refractivity contribution in [3.63, 3.8) is 0 Å². The molecule has 1 aromatic heterocycles. The van der Waals surface area contributed by atoms with Crippen LogP contribution in [0.15, 0.2) is 35.7 Å². The second kappa shape index (κ2) is 7.49. The summed E-state index contributed by atoms with van der Waals surface area (Å²) in [5.74, 6) is -0.191. The van der Waals surface area contributed by atoms with E-state index >= 15 is 0 Å². The highest BCUT2D eigenvalue weighted by atomic mass is 35.5. The number of carboxylic acid groups (broad SMARTS) is 1. The SMILES string of the molecule is O=C(CSCc1cccs1)Nc1cc(Cl)cc(C(=O)O)c1. The number of hydrogen-bond acceptors (Lipinski definition) is 4. The third-order valence-corrected chi connectivity index (χ3v) is 4.74. The number of hydrogen-bond donors (Lipinski definition) is 2. The first-order valence-corrected chi connectivity index (χ1v) is 8.39. The van der Waals surface area contributed by atoms with E-state index in [9.17, 15) is 9.59 Å². The molecule has 2 aromatic rings. The Kier molecular flexibility index (Phi) is 5.67. The minimum Gasteiger partial charge on any atom is -0.478 e. The van der Waals surface area contributed by atoms with Gasteiger partial charge in [0.05, 0.1) is 11.3 Å². The van der Waals surface area contributed by atoms with Gasteiger partial charge < -0.3 is 10.4 Å². The average molecular weight is 342 g/mol. The van der Waals surface area contributed by atoms with Gasteiger partial charge in [0.1, 0.15) is 0 Å². The predicted octanol–water partition coefficient (Wildman–Crippen LogP) is 3.97. The maximum atomic E-state index is 11.8. The van der Waals surface area contributed by atoms with Crippen molar-refractivity contribution in [2.24, 2.45) is 0 Å². The van der Waals surface area contributed by atoms with Gasteiger partial charge in [-0.1, -0.05) is 17.7 Å². The van der Waals surface area contributed by atoms with Crippen LogP contribution >= 0.6 is 34.7 Å². The molecule has 0 aliphatic heterocycles. The molecule has 110 valence electrons. The average Bonchev–Trinajstić information content (AvgIpc) is 2.91. The highest BCUT2D eigenvalue weighted by Crippen LogP contribution is 2.20. The number of nitrogens with one attached hydrogen (secondary N) is 1. The Hall–Kier alpha value is -1.50. The molecule has 0 atom stereocenters. The number of amides is 1. The Morgan fingerprint density at radius 3 is 2.81 bits per heavy atom. The van der Waals surface area contributed by atoms with E-state index in [1.165, 1.54) is 34.8 Å². The quantitative estimate of drug-likeness (QED) is 0.834. The summed E-state index contributed by atoms with van der Waals surface area (Å²) in [5.41, 5.74) is 0.436. The first-order valence-electron chi connectivity index (χ1n) is 5.98. The zero-order valence-electron chi connectivity index (χ0n) is 10.8. The lowest BCUT2D eigenvalue weighted by Gasteiger charge is -2.06. The topological polar surface area (TPSA) is 66.4 Å². The van der Waals surface area contributed by atoms with Crippen molar-refractivity contribution in [3.8, 4) is 0 Å². The normalized spacial score (nSPS) is 10.3. The fraction of sp³-hybridized carbons (Fsp3) is 0.143. The molecule has 1 aromatic carbocycles. The van der Waals surface area contributed by atoms with Crippen LogP contribution in [0, 0.1) is 0 Å². The van der Waals surface area contributed by atoms with Gasteiger partial charge >= 0.3 is 5.97 Å². The van der Waals surface area contributed by atoms with Crippen molar-refractivity contribution in [2.75, 3.05) is 11.1 Å². The standard InChI is InChI=1S/C14H12ClNO3S2/c15-10-4-9(14(18)19)5-11(6-10)16-13(17)8-20-7-12-2-1-3-21-12/h1-6H,7-8H2,(H,16,17)(H,18,19). The molecule has 0 aliphatic carbocycles. The van der Waals surface area contributed by atoms with Crippen LogP contribution in [0.5, 0.6) is 0 Å². The summed E-state index contributed by atoms with van der Waals surface area (Å²) in [4.78, 5) is 23.9. The van der Waals surface area contributed by atoms with Crippen LogP contribution in [0.4, 0.5) is 5.69 Å². The summed E-state index contributed by atoms with van der Waals surface area (Å²) < 4.78 is 0. The van der Waals surface area contributed by atoms with Gasteiger partial charge in [0.2, 0.25) is 5.91 Å². The van der Waals surface area contributed by atoms with Gasteiger partial charge in [-0.15, -0.1) is 23.1 Å². The maximum absolute atomic E-state index is 11.8. The van der Waals surface area contributed by atoms with E-state index in [0.29, 0.717) is 11.4 Å². The van der Waals surface area contributed by atoms with Gasteiger partial charge in [0, 0.05) is 21.3 Å². The van der Waals surface area contributed by atoms with Crippen molar-refractivity contribution in [3.05, 3.63) is 51.2 Å². The number of carbonyl (C=O) groups excluding carboxylic acids is 1. The summed E-state index contributed by atoms with van der Waals surface area (Å²) in [6, 6.07) is 8.24. The molecule has 2 rings (SSSR count). The van der Waals surface area contributed by atoms with Gasteiger partial charge in [0.25, 0.3) is 0 Å². The second-order valence-electron chi connectivity index (χ2n) is 4.15. The van der Waals surface area contributed by atoms with E-state index in [1.807, 2.05) is 17.5 Å². The summed E-state index contributed by atoms with van der Waals surface area (Å²) in [7, 11) is 0. The monoisotopic (exact) mass is 341 g/mol. The minimum absolute atomic E-state index is 0.0454. The third kappa shape index (κ3) is 5.08. The van der Waals surface area contributed by atoms with Gasteiger partial charge in [-0.05, 0) is 29.6 Å². The van der Waals surface area contributed by atoms with E-state index < -0.39 is 5.97 Å². The van der Waals surface area contributed by atoms with Gasteiger partial charge in [-0.2, -0.15) is 0 Å². The number of carboxylic acids is 1. The van der Waals surface area contributed by atoms with E-state index in [4.69, 9.17) is 16.7 Å². The molecular formula is C14H12ClNO3S2. The predicted molar refractivity (Wildman–Crippen MR) is 87.5 cm³/mol. The molecule has 0 saturated heterocycles. The van der Waals surface area contributed by atoms with Crippen LogP contribution in [0.3, 0.4) is 0 Å². The molecule has 21 heavy (non-hydrogen) atoms.